The molecule has 112 valence electrons. The molecule has 0 aromatic carbocycles. The maximum Gasteiger partial charge on any atom is 0.272 e. The fourth-order valence-electron chi connectivity index (χ4n) is 1.90. The summed E-state index contributed by atoms with van der Waals surface area (Å²) in [7, 11) is 4.03. The molecule has 0 fully saturated rings. The van der Waals surface area contributed by atoms with Gasteiger partial charge in [-0.15, -0.1) is 0 Å². The standard InChI is InChI=1S/C15H26N4O/c1-5-10-19(12-11-18(3)4)15(20)13-8-7-9-14(17-13)16-6-2/h7-9H,5-6,10-12H2,1-4H3,(H,16,17). The molecule has 1 aromatic heterocycles. The third kappa shape index (κ3) is 5.17. The van der Waals surface area contributed by atoms with Crippen molar-refractivity contribution in [3.63, 3.8) is 0 Å². The van der Waals surface area contributed by atoms with Gasteiger partial charge in [0.25, 0.3) is 5.91 Å². The molecule has 1 rings (SSSR count). The number of rotatable bonds is 8. The van der Waals surface area contributed by atoms with Crippen molar-refractivity contribution in [1.29, 1.82) is 0 Å². The highest BCUT2D eigenvalue weighted by Crippen LogP contribution is 2.08. The van der Waals surface area contributed by atoms with E-state index in [4.69, 9.17) is 0 Å². The summed E-state index contributed by atoms with van der Waals surface area (Å²) in [5, 5.41) is 3.13. The Hall–Kier alpha value is -1.62. The third-order valence-electron chi connectivity index (χ3n) is 2.92. The van der Waals surface area contributed by atoms with Gasteiger partial charge in [-0.3, -0.25) is 4.79 Å². The van der Waals surface area contributed by atoms with Crippen LogP contribution in [0, 0.1) is 0 Å². The van der Waals surface area contributed by atoms with Gasteiger partial charge in [-0.05, 0) is 39.6 Å². The smallest absolute Gasteiger partial charge is 0.272 e. The highest BCUT2D eigenvalue weighted by Gasteiger charge is 2.16. The molecule has 5 nitrogen and oxygen atoms in total. The van der Waals surface area contributed by atoms with Gasteiger partial charge in [-0.2, -0.15) is 0 Å². The van der Waals surface area contributed by atoms with Crippen molar-refractivity contribution in [2.45, 2.75) is 20.3 Å². The van der Waals surface area contributed by atoms with Crippen molar-refractivity contribution >= 4 is 11.7 Å². The van der Waals surface area contributed by atoms with Crippen LogP contribution in [0.25, 0.3) is 0 Å². The van der Waals surface area contributed by atoms with E-state index in [2.05, 4.69) is 22.1 Å². The van der Waals surface area contributed by atoms with Crippen molar-refractivity contribution in [3.05, 3.63) is 23.9 Å². The van der Waals surface area contributed by atoms with Gasteiger partial charge in [0.1, 0.15) is 11.5 Å². The number of likely N-dealkylation sites (N-methyl/N-ethyl adjacent to an activating group) is 1. The zero-order valence-corrected chi connectivity index (χ0v) is 13.0. The summed E-state index contributed by atoms with van der Waals surface area (Å²) in [4.78, 5) is 20.9. The molecule has 1 aromatic rings. The second-order valence-electron chi connectivity index (χ2n) is 5.03. The summed E-state index contributed by atoms with van der Waals surface area (Å²) >= 11 is 0. The lowest BCUT2D eigenvalue weighted by Crippen LogP contribution is -2.37. The van der Waals surface area contributed by atoms with E-state index < -0.39 is 0 Å². The second-order valence-corrected chi connectivity index (χ2v) is 5.03. The number of amides is 1. The molecule has 1 amide bonds. The Morgan fingerprint density at radius 3 is 2.55 bits per heavy atom. The number of hydrogen-bond acceptors (Lipinski definition) is 4. The van der Waals surface area contributed by atoms with Crippen LogP contribution in [0.2, 0.25) is 0 Å². The third-order valence-corrected chi connectivity index (χ3v) is 2.92. The number of anilines is 1. The van der Waals surface area contributed by atoms with E-state index in [-0.39, 0.29) is 5.91 Å². The Morgan fingerprint density at radius 2 is 1.95 bits per heavy atom. The average molecular weight is 278 g/mol. The first-order chi connectivity index (χ1) is 9.58. The summed E-state index contributed by atoms with van der Waals surface area (Å²) in [6.07, 6.45) is 0.950. The monoisotopic (exact) mass is 278 g/mol. The normalized spacial score (nSPS) is 10.7. The Morgan fingerprint density at radius 1 is 1.20 bits per heavy atom. The highest BCUT2D eigenvalue weighted by molar-refractivity contribution is 5.92. The van der Waals surface area contributed by atoms with Crippen LogP contribution in [-0.4, -0.2) is 61.0 Å². The molecule has 1 heterocycles. The molecule has 0 radical (unpaired) electrons. The molecular formula is C15H26N4O. The maximum absolute atomic E-state index is 12.5. The van der Waals surface area contributed by atoms with Gasteiger partial charge >= 0.3 is 0 Å². The fraction of sp³-hybridized carbons (Fsp3) is 0.600. The molecule has 0 atom stereocenters. The number of carbonyl (C=O) groups is 1. The molecule has 0 bridgehead atoms. The van der Waals surface area contributed by atoms with E-state index in [1.54, 1.807) is 6.07 Å². The number of aromatic nitrogens is 1. The van der Waals surface area contributed by atoms with Crippen molar-refractivity contribution in [2.75, 3.05) is 45.6 Å². The fourth-order valence-corrected chi connectivity index (χ4v) is 1.90. The minimum absolute atomic E-state index is 0.00783. The van der Waals surface area contributed by atoms with Crippen molar-refractivity contribution in [1.82, 2.24) is 14.8 Å². The van der Waals surface area contributed by atoms with Crippen molar-refractivity contribution in [2.24, 2.45) is 0 Å². The molecule has 0 unspecified atom stereocenters. The summed E-state index contributed by atoms with van der Waals surface area (Å²) in [6, 6.07) is 5.53. The Labute approximate surface area is 122 Å². The maximum atomic E-state index is 12.5. The Bertz CT molecular complexity index is 420. The van der Waals surface area contributed by atoms with Crippen molar-refractivity contribution in [3.8, 4) is 0 Å². The lowest BCUT2D eigenvalue weighted by Gasteiger charge is -2.23. The molecular weight excluding hydrogens is 252 g/mol. The van der Waals surface area contributed by atoms with E-state index in [0.29, 0.717) is 5.69 Å². The predicted molar refractivity (Wildman–Crippen MR) is 83.1 cm³/mol. The summed E-state index contributed by atoms with van der Waals surface area (Å²) in [5.41, 5.74) is 0.510. The minimum atomic E-state index is 0.00783. The van der Waals surface area contributed by atoms with E-state index >= 15 is 0 Å². The van der Waals surface area contributed by atoms with Gasteiger partial charge in [0, 0.05) is 26.2 Å². The molecule has 0 aliphatic rings. The number of hydrogen-bond donors (Lipinski definition) is 1. The van der Waals surface area contributed by atoms with Gasteiger partial charge in [0.05, 0.1) is 0 Å². The van der Waals surface area contributed by atoms with Gasteiger partial charge in [0.15, 0.2) is 0 Å². The number of nitrogens with zero attached hydrogens (tertiary/aromatic N) is 3. The molecule has 0 spiro atoms. The van der Waals surface area contributed by atoms with Gasteiger partial charge < -0.3 is 15.1 Å². The first-order valence-electron chi connectivity index (χ1n) is 7.23. The molecule has 0 aliphatic heterocycles. The van der Waals surface area contributed by atoms with Crippen LogP contribution < -0.4 is 5.32 Å². The van der Waals surface area contributed by atoms with Gasteiger partial charge in [0.2, 0.25) is 0 Å². The lowest BCUT2D eigenvalue weighted by atomic mass is 10.3. The number of nitrogens with one attached hydrogen (secondary N) is 1. The molecule has 0 saturated heterocycles. The number of carbonyl (C=O) groups excluding carboxylic acids is 1. The van der Waals surface area contributed by atoms with Crippen LogP contribution >= 0.6 is 0 Å². The van der Waals surface area contributed by atoms with Crippen LogP contribution in [0.15, 0.2) is 18.2 Å². The van der Waals surface area contributed by atoms with Gasteiger partial charge in [-0.25, -0.2) is 4.98 Å². The largest absolute Gasteiger partial charge is 0.370 e. The SMILES string of the molecule is CCCN(CCN(C)C)C(=O)c1cccc(NCC)n1. The molecule has 20 heavy (non-hydrogen) atoms. The van der Waals surface area contributed by atoms with Gasteiger partial charge in [-0.1, -0.05) is 13.0 Å². The van der Waals surface area contributed by atoms with E-state index in [9.17, 15) is 4.79 Å². The highest BCUT2D eigenvalue weighted by atomic mass is 16.2. The topological polar surface area (TPSA) is 48.5 Å². The van der Waals surface area contributed by atoms with Crippen LogP contribution in [-0.2, 0) is 0 Å². The molecule has 0 aliphatic carbocycles. The Balaban J connectivity index is 2.79. The quantitative estimate of drug-likeness (QED) is 0.789. The summed E-state index contributed by atoms with van der Waals surface area (Å²) in [6.45, 7) is 7.24. The molecule has 0 saturated carbocycles. The molecule has 5 heteroatoms. The first-order valence-corrected chi connectivity index (χ1v) is 7.23. The van der Waals surface area contributed by atoms with E-state index in [1.807, 2.05) is 38.1 Å². The van der Waals surface area contributed by atoms with E-state index in [0.717, 1.165) is 38.4 Å². The van der Waals surface area contributed by atoms with Crippen molar-refractivity contribution < 1.29 is 4.79 Å². The minimum Gasteiger partial charge on any atom is -0.370 e. The number of pyridine rings is 1. The summed E-state index contributed by atoms with van der Waals surface area (Å²) in [5.74, 6) is 0.760. The second kappa shape index (κ2) is 8.53. The Kier molecular flexibility index (Phi) is 7.01. The zero-order valence-electron chi connectivity index (χ0n) is 13.0. The van der Waals surface area contributed by atoms with Crippen LogP contribution in [0.1, 0.15) is 30.8 Å². The predicted octanol–water partition coefficient (Wildman–Crippen LogP) is 1.93. The first kappa shape index (κ1) is 16.4. The summed E-state index contributed by atoms with van der Waals surface area (Å²) < 4.78 is 0. The van der Waals surface area contributed by atoms with E-state index in [1.165, 1.54) is 0 Å². The van der Waals surface area contributed by atoms with Crippen LogP contribution in [0.4, 0.5) is 5.82 Å². The zero-order chi connectivity index (χ0) is 15.0. The average Bonchev–Trinajstić information content (AvgIpc) is 2.43. The van der Waals surface area contributed by atoms with Crippen LogP contribution in [0.3, 0.4) is 0 Å². The lowest BCUT2D eigenvalue weighted by molar-refractivity contribution is 0.0739. The molecule has 1 N–H and O–H groups in total. The van der Waals surface area contributed by atoms with Crippen LogP contribution in [0.5, 0.6) is 0 Å².